The van der Waals surface area contributed by atoms with E-state index in [0.717, 1.165) is 63.1 Å². The lowest BCUT2D eigenvalue weighted by Gasteiger charge is -2.39. The molecule has 1 aliphatic carbocycles. The molecule has 0 radical (unpaired) electrons. The molecule has 0 bridgehead atoms. The number of nitrogens with zero attached hydrogens (tertiary/aromatic N) is 1. The quantitative estimate of drug-likeness (QED) is 0.665. The zero-order valence-electron chi connectivity index (χ0n) is 18.3. The average molecular weight is 426 g/mol. The second-order valence-corrected chi connectivity index (χ2v) is 9.36. The smallest absolute Gasteiger partial charge is 0.119 e. The molecule has 1 heterocycles. The molecular weight excluding hydrogens is 390 g/mol. The summed E-state index contributed by atoms with van der Waals surface area (Å²) < 4.78 is 11.7. The first kappa shape index (κ1) is 22.1. The van der Waals surface area contributed by atoms with E-state index in [-0.39, 0.29) is 0 Å². The summed E-state index contributed by atoms with van der Waals surface area (Å²) in [6, 6.07) is 17.8. The highest BCUT2D eigenvalue weighted by molar-refractivity contribution is 5.27. The van der Waals surface area contributed by atoms with E-state index < -0.39 is 11.2 Å². The zero-order valence-corrected chi connectivity index (χ0v) is 18.3. The first-order valence-corrected chi connectivity index (χ1v) is 11.6. The molecule has 0 aromatic heterocycles. The molecule has 2 fully saturated rings. The van der Waals surface area contributed by atoms with Crippen LogP contribution in [0.4, 0.5) is 0 Å². The van der Waals surface area contributed by atoms with Gasteiger partial charge in [0.1, 0.15) is 30.3 Å². The number of benzene rings is 2. The van der Waals surface area contributed by atoms with Gasteiger partial charge in [0.25, 0.3) is 0 Å². The minimum atomic E-state index is -0.827. The molecule has 4 rings (SSSR count). The number of para-hydroxylation sites is 1. The van der Waals surface area contributed by atoms with Crippen LogP contribution in [-0.4, -0.2) is 52.6 Å². The highest BCUT2D eigenvalue weighted by atomic mass is 16.5. The Kier molecular flexibility index (Phi) is 7.16. The van der Waals surface area contributed by atoms with Gasteiger partial charge < -0.3 is 19.7 Å². The van der Waals surface area contributed by atoms with Gasteiger partial charge in [0, 0.05) is 13.1 Å². The van der Waals surface area contributed by atoms with Crippen LogP contribution in [0.1, 0.15) is 50.5 Å². The molecule has 1 aliphatic heterocycles. The van der Waals surface area contributed by atoms with Gasteiger partial charge in [-0.1, -0.05) is 49.6 Å². The Morgan fingerprint density at radius 2 is 1.32 bits per heavy atom. The number of ether oxygens (including phenoxy) is 2. The lowest BCUT2D eigenvalue weighted by atomic mass is 9.85. The van der Waals surface area contributed by atoms with E-state index in [2.05, 4.69) is 17.0 Å². The monoisotopic (exact) mass is 425 g/mol. The molecule has 1 unspecified atom stereocenters. The molecule has 31 heavy (non-hydrogen) atoms. The molecular formula is C26H35NO4. The van der Waals surface area contributed by atoms with Crippen molar-refractivity contribution >= 4 is 0 Å². The summed E-state index contributed by atoms with van der Waals surface area (Å²) in [6.07, 6.45) is 6.74. The second-order valence-electron chi connectivity index (χ2n) is 9.36. The van der Waals surface area contributed by atoms with Gasteiger partial charge in [0.05, 0.1) is 5.60 Å². The molecule has 2 aromatic carbocycles. The molecule has 0 spiro atoms. The van der Waals surface area contributed by atoms with Crippen molar-refractivity contribution < 1.29 is 19.7 Å². The van der Waals surface area contributed by atoms with Crippen molar-refractivity contribution in [2.75, 3.05) is 26.3 Å². The Morgan fingerprint density at radius 1 is 0.710 bits per heavy atom. The predicted octanol–water partition coefficient (Wildman–Crippen LogP) is 4.17. The second kappa shape index (κ2) is 10.0. The molecule has 5 heteroatoms. The Balaban J connectivity index is 1.26. The summed E-state index contributed by atoms with van der Waals surface area (Å²) in [5.74, 6) is 1.59. The van der Waals surface area contributed by atoms with E-state index in [1.807, 2.05) is 42.5 Å². The van der Waals surface area contributed by atoms with E-state index in [1.54, 1.807) is 0 Å². The van der Waals surface area contributed by atoms with Crippen LogP contribution < -0.4 is 9.47 Å². The van der Waals surface area contributed by atoms with Gasteiger partial charge in [-0.25, -0.2) is 0 Å². The summed E-state index contributed by atoms with van der Waals surface area (Å²) in [4.78, 5) is 2.29. The highest BCUT2D eigenvalue weighted by Crippen LogP contribution is 2.29. The summed E-state index contributed by atoms with van der Waals surface area (Å²) in [6.45, 7) is 3.04. The molecule has 2 N–H and O–H groups in total. The van der Waals surface area contributed by atoms with E-state index in [0.29, 0.717) is 19.8 Å². The molecule has 1 saturated heterocycles. The van der Waals surface area contributed by atoms with Gasteiger partial charge in [-0.3, -0.25) is 4.90 Å². The first-order valence-electron chi connectivity index (χ1n) is 11.6. The fourth-order valence-electron chi connectivity index (χ4n) is 4.71. The van der Waals surface area contributed by atoms with Crippen LogP contribution in [0, 0.1) is 0 Å². The fourth-order valence-corrected chi connectivity index (χ4v) is 4.71. The van der Waals surface area contributed by atoms with Gasteiger partial charge >= 0.3 is 0 Å². The predicted molar refractivity (Wildman–Crippen MR) is 121 cm³/mol. The van der Waals surface area contributed by atoms with Crippen LogP contribution in [0.25, 0.3) is 0 Å². The van der Waals surface area contributed by atoms with Crippen molar-refractivity contribution in [1.82, 2.24) is 4.90 Å². The lowest BCUT2D eigenvalue weighted by Crippen LogP contribution is -2.51. The van der Waals surface area contributed by atoms with Crippen molar-refractivity contribution in [2.24, 2.45) is 0 Å². The summed E-state index contributed by atoms with van der Waals surface area (Å²) in [5, 5.41) is 21.6. The number of piperidine rings is 1. The maximum atomic E-state index is 11.0. The van der Waals surface area contributed by atoms with Crippen LogP contribution in [0.2, 0.25) is 0 Å². The van der Waals surface area contributed by atoms with Gasteiger partial charge in [-0.2, -0.15) is 0 Å². The van der Waals surface area contributed by atoms with E-state index in [9.17, 15) is 10.2 Å². The number of β-amino-alcohol motifs (C(OH)–C–C–N with tert-alkyl or cyclic N) is 1. The summed E-state index contributed by atoms with van der Waals surface area (Å²) in [5.41, 5.74) is -0.305. The largest absolute Gasteiger partial charge is 0.491 e. The van der Waals surface area contributed by atoms with Crippen LogP contribution in [-0.2, 0) is 6.54 Å². The third-order valence-electron chi connectivity index (χ3n) is 6.51. The minimum Gasteiger partial charge on any atom is -0.491 e. The van der Waals surface area contributed by atoms with E-state index in [1.165, 1.54) is 12.0 Å². The van der Waals surface area contributed by atoms with Crippen molar-refractivity contribution in [1.29, 1.82) is 0 Å². The SMILES string of the molecule is OC1(COc2ccc(CN3CCCC(O)(COc4ccccc4)C3)cc2)CCCCC1. The first-order chi connectivity index (χ1) is 15.0. The van der Waals surface area contributed by atoms with Crippen molar-refractivity contribution in [2.45, 2.75) is 62.7 Å². The van der Waals surface area contributed by atoms with E-state index >= 15 is 0 Å². The third-order valence-corrected chi connectivity index (χ3v) is 6.51. The van der Waals surface area contributed by atoms with Gasteiger partial charge in [0.15, 0.2) is 0 Å². The average Bonchev–Trinajstić information content (AvgIpc) is 2.79. The fraction of sp³-hybridized carbons (Fsp3) is 0.538. The number of rotatable bonds is 8. The van der Waals surface area contributed by atoms with Crippen molar-refractivity contribution in [3.63, 3.8) is 0 Å². The van der Waals surface area contributed by atoms with Crippen LogP contribution in [0.15, 0.2) is 54.6 Å². The van der Waals surface area contributed by atoms with Crippen LogP contribution in [0.5, 0.6) is 11.5 Å². The maximum Gasteiger partial charge on any atom is 0.119 e. The van der Waals surface area contributed by atoms with Gasteiger partial charge in [-0.15, -0.1) is 0 Å². The molecule has 1 saturated carbocycles. The highest BCUT2D eigenvalue weighted by Gasteiger charge is 2.34. The number of hydrogen-bond donors (Lipinski definition) is 2. The molecule has 5 nitrogen and oxygen atoms in total. The standard InChI is InChI=1S/C26H35NO4/c28-25(14-5-2-6-15-25)20-30-24-12-10-22(11-13-24)18-27-17-7-16-26(29,19-27)21-31-23-8-3-1-4-9-23/h1,3-4,8-13,28-29H,2,5-7,14-21H2. The van der Waals surface area contributed by atoms with Gasteiger partial charge in [-0.05, 0) is 62.1 Å². The Labute approximate surface area is 185 Å². The molecule has 1 atom stereocenters. The Morgan fingerprint density at radius 3 is 2.03 bits per heavy atom. The number of hydrogen-bond acceptors (Lipinski definition) is 5. The maximum absolute atomic E-state index is 11.0. The van der Waals surface area contributed by atoms with Crippen LogP contribution >= 0.6 is 0 Å². The summed E-state index contributed by atoms with van der Waals surface area (Å²) in [7, 11) is 0. The van der Waals surface area contributed by atoms with Gasteiger partial charge in [0.2, 0.25) is 0 Å². The minimum absolute atomic E-state index is 0.309. The number of likely N-dealkylation sites (tertiary alicyclic amines) is 1. The lowest BCUT2D eigenvalue weighted by molar-refractivity contribution is -0.0621. The van der Waals surface area contributed by atoms with Crippen molar-refractivity contribution in [3.8, 4) is 11.5 Å². The van der Waals surface area contributed by atoms with Crippen molar-refractivity contribution in [3.05, 3.63) is 60.2 Å². The third kappa shape index (κ3) is 6.45. The molecule has 2 aromatic rings. The molecule has 168 valence electrons. The van der Waals surface area contributed by atoms with Crippen LogP contribution in [0.3, 0.4) is 0 Å². The molecule has 0 amide bonds. The normalized spacial score (nSPS) is 23.9. The Bertz CT molecular complexity index is 804. The summed E-state index contributed by atoms with van der Waals surface area (Å²) >= 11 is 0. The topological polar surface area (TPSA) is 62.2 Å². The zero-order chi connectivity index (χ0) is 21.6. The molecule has 2 aliphatic rings. The van der Waals surface area contributed by atoms with E-state index in [4.69, 9.17) is 9.47 Å². The number of aliphatic hydroxyl groups is 2. The Hall–Kier alpha value is -2.08.